The number of allylic oxidation sites excluding steroid dienone is 1. The summed E-state index contributed by atoms with van der Waals surface area (Å²) in [7, 11) is 0. The highest BCUT2D eigenvalue weighted by Gasteiger charge is 2.65. The number of benzene rings is 2. The molecule has 1 amide bonds. The minimum absolute atomic E-state index is 0.0160. The van der Waals surface area contributed by atoms with E-state index in [1.54, 1.807) is 18.2 Å². The maximum Gasteiger partial charge on any atom is 0.239 e. The smallest absolute Gasteiger partial charge is 0.239 e. The van der Waals surface area contributed by atoms with Crippen LogP contribution in [0.5, 0.6) is 11.5 Å². The average molecular weight is 908 g/mol. The summed E-state index contributed by atoms with van der Waals surface area (Å²) in [6, 6.07) is 17.6. The lowest BCUT2D eigenvalue weighted by Crippen LogP contribution is -2.70. The molecule has 3 aromatic rings. The molecule has 2 aromatic carbocycles. The molecule has 7 unspecified atom stereocenters. The molecule has 5 aliphatic rings. The Bertz CT molecular complexity index is 2140. The number of aliphatic hydroxyl groups excluding tert-OH is 2. The quantitative estimate of drug-likeness (QED) is 0.0575. The van der Waals surface area contributed by atoms with Crippen molar-refractivity contribution in [3.05, 3.63) is 113 Å². The maximum absolute atomic E-state index is 15.2. The van der Waals surface area contributed by atoms with Gasteiger partial charge in [0, 0.05) is 56.2 Å². The second-order valence-corrected chi connectivity index (χ2v) is 19.1. The van der Waals surface area contributed by atoms with Crippen molar-refractivity contribution in [1.29, 1.82) is 0 Å². The van der Waals surface area contributed by atoms with E-state index in [-0.39, 0.29) is 68.9 Å². The van der Waals surface area contributed by atoms with E-state index in [4.69, 9.17) is 28.9 Å². The third-order valence-corrected chi connectivity index (χ3v) is 14.6. The van der Waals surface area contributed by atoms with Gasteiger partial charge in [-0.3, -0.25) is 9.78 Å². The van der Waals surface area contributed by atoms with E-state index < -0.39 is 24.0 Å². The fourth-order valence-corrected chi connectivity index (χ4v) is 11.4. The van der Waals surface area contributed by atoms with Crippen molar-refractivity contribution in [2.45, 2.75) is 147 Å². The number of ether oxygens (including phenoxy) is 4. The molecule has 3 fully saturated rings. The Morgan fingerprint density at radius 3 is 2.52 bits per heavy atom. The molecule has 2 saturated carbocycles. The van der Waals surface area contributed by atoms with Crippen molar-refractivity contribution in [1.82, 2.24) is 9.88 Å². The number of aryl methyl sites for hydroxylation is 1. The molecule has 3 heterocycles. The molecular weight excluding hydrogens is 838 g/mol. The molecule has 3 aliphatic carbocycles. The number of hydrogen-bond acceptors (Lipinski definition) is 10. The molecule has 0 bridgehead atoms. The molecule has 7 atom stereocenters. The summed E-state index contributed by atoms with van der Waals surface area (Å²) in [6.45, 7) is 7.52. The molecule has 1 aromatic heterocycles. The van der Waals surface area contributed by atoms with Gasteiger partial charge in [-0.2, -0.15) is 0 Å². The van der Waals surface area contributed by atoms with Gasteiger partial charge in [-0.05, 0) is 123 Å². The summed E-state index contributed by atoms with van der Waals surface area (Å²) in [5.41, 5.74) is 5.20. The molecule has 0 radical (unpaired) electrons. The van der Waals surface area contributed by atoms with Crippen molar-refractivity contribution < 1.29 is 43.2 Å². The molecule has 8 rings (SSSR count). The number of carbonyl (C=O) groups is 1. The highest BCUT2D eigenvalue weighted by atomic mass is 19.1. The van der Waals surface area contributed by atoms with E-state index in [0.717, 1.165) is 98.0 Å². The first-order valence-corrected chi connectivity index (χ1v) is 24.7. The van der Waals surface area contributed by atoms with Crippen molar-refractivity contribution in [2.24, 2.45) is 28.8 Å². The first-order valence-electron chi connectivity index (χ1n) is 24.7. The number of nitrogens with zero attached hydrogens (tertiary/aromatic N) is 3. The number of amides is 1. The van der Waals surface area contributed by atoms with Crippen molar-refractivity contribution in [2.75, 3.05) is 26.4 Å². The monoisotopic (exact) mass is 908 g/mol. The number of carbonyl (C=O) groups excluding carboxylic acids is 1. The zero-order valence-corrected chi connectivity index (χ0v) is 38.8. The van der Waals surface area contributed by atoms with Crippen LogP contribution in [0.1, 0.15) is 131 Å². The van der Waals surface area contributed by atoms with Crippen LogP contribution >= 0.6 is 0 Å². The van der Waals surface area contributed by atoms with Gasteiger partial charge in [0.25, 0.3) is 0 Å². The number of fused-ring (bicyclic) bond motifs is 2. The van der Waals surface area contributed by atoms with Crippen molar-refractivity contribution in [3.63, 3.8) is 0 Å². The van der Waals surface area contributed by atoms with Gasteiger partial charge in [0.05, 0.1) is 30.5 Å². The van der Waals surface area contributed by atoms with Crippen LogP contribution < -0.4 is 9.47 Å². The van der Waals surface area contributed by atoms with Gasteiger partial charge in [-0.25, -0.2) is 4.39 Å². The van der Waals surface area contributed by atoms with Crippen LogP contribution in [0, 0.1) is 36.4 Å². The first kappa shape index (κ1) is 47.9. The zero-order valence-electron chi connectivity index (χ0n) is 38.8. The fraction of sp³-hybridized carbons (Fsp3) is 0.574. The molecule has 12 heteroatoms. The first-order chi connectivity index (χ1) is 32.3. The van der Waals surface area contributed by atoms with Crippen LogP contribution in [0.2, 0.25) is 0 Å². The molecule has 0 spiro atoms. The van der Waals surface area contributed by atoms with Crippen molar-refractivity contribution >= 4 is 11.6 Å². The van der Waals surface area contributed by atoms with Crippen LogP contribution in [0.15, 0.2) is 90.1 Å². The molecule has 2 N–H and O–H groups in total. The summed E-state index contributed by atoms with van der Waals surface area (Å²) in [6.07, 6.45) is 16.9. The number of pyridine rings is 1. The predicted octanol–water partition coefficient (Wildman–Crippen LogP) is 10.3. The highest BCUT2D eigenvalue weighted by Crippen LogP contribution is 2.62. The number of hydrogen-bond donors (Lipinski definition) is 2. The van der Waals surface area contributed by atoms with Gasteiger partial charge >= 0.3 is 0 Å². The van der Waals surface area contributed by atoms with E-state index in [1.807, 2.05) is 42.2 Å². The lowest BCUT2D eigenvalue weighted by Gasteiger charge is -2.60. The standard InChI is InChI=1S/C54H70FN3O8/c1-3-30-64-54-49(58(35-39-20-23-41(55)24-21-39)50(61)27-22-38-14-4-5-15-38)34-47(57-66-51-19-8-11-31-62-51)45-32-40(16-6-9-28-59)44(18-7-10-29-60)52(53(45)54)46-33-43(25-26-48(46)65-54)63-36-42-17-12-13-37(2)56-42/h3,12-13,17,20-21,23-26,32-33,38,40,44,49,51-53,59-60H,1,4-11,14-16,18-19,22,27-31,34-36H2,2H3. The number of oxime groups is 1. The van der Waals surface area contributed by atoms with E-state index in [9.17, 15) is 14.6 Å². The molecule has 356 valence electrons. The Morgan fingerprint density at radius 2 is 1.77 bits per heavy atom. The third-order valence-electron chi connectivity index (χ3n) is 14.6. The lowest BCUT2D eigenvalue weighted by molar-refractivity contribution is -0.258. The molecule has 2 aliphatic heterocycles. The summed E-state index contributed by atoms with van der Waals surface area (Å²) in [4.78, 5) is 28.2. The maximum atomic E-state index is 15.2. The molecule has 1 saturated heterocycles. The average Bonchev–Trinajstić information content (AvgIpc) is 3.87. The minimum atomic E-state index is -1.42. The fourth-order valence-electron chi connectivity index (χ4n) is 11.4. The summed E-state index contributed by atoms with van der Waals surface area (Å²) < 4.78 is 41.7. The normalized spacial score (nSPS) is 26.5. The SMILES string of the molecule is C=CCOC12Oc3ccc(OCc4cccc(C)n4)cc3C3C(CCCCO)C(CCCCO)C=C(C(=NOC4CCCCO4)CC1N(Cc1ccc(F)cc1)C(=O)CCC1CCCC1)C32. The Labute approximate surface area is 390 Å². The predicted molar refractivity (Wildman–Crippen MR) is 251 cm³/mol. The van der Waals surface area contributed by atoms with Gasteiger partial charge in [-0.15, -0.1) is 6.58 Å². The van der Waals surface area contributed by atoms with Gasteiger partial charge < -0.3 is 38.9 Å². The molecule has 11 nitrogen and oxygen atoms in total. The number of aliphatic hydroxyl groups is 2. The van der Waals surface area contributed by atoms with E-state index >= 15 is 4.79 Å². The molecule has 66 heavy (non-hydrogen) atoms. The molecular formula is C54H70FN3O8. The summed E-state index contributed by atoms with van der Waals surface area (Å²) >= 11 is 0. The topological polar surface area (TPSA) is 132 Å². The number of aromatic nitrogens is 1. The van der Waals surface area contributed by atoms with E-state index in [2.05, 4.69) is 23.7 Å². The van der Waals surface area contributed by atoms with Gasteiger partial charge in [0.15, 0.2) is 0 Å². The van der Waals surface area contributed by atoms with Gasteiger partial charge in [0.2, 0.25) is 18.0 Å². The second-order valence-electron chi connectivity index (χ2n) is 19.1. The van der Waals surface area contributed by atoms with Gasteiger partial charge in [0.1, 0.15) is 30.0 Å². The highest BCUT2D eigenvalue weighted by molar-refractivity contribution is 6.03. The van der Waals surface area contributed by atoms with Crippen LogP contribution in [0.3, 0.4) is 0 Å². The number of rotatable bonds is 22. The third kappa shape index (κ3) is 11.2. The van der Waals surface area contributed by atoms with Crippen LogP contribution in [0.4, 0.5) is 4.39 Å². The Morgan fingerprint density at radius 1 is 0.985 bits per heavy atom. The van der Waals surface area contributed by atoms with Crippen LogP contribution in [-0.2, 0) is 32.3 Å². The zero-order chi connectivity index (χ0) is 45.9. The summed E-state index contributed by atoms with van der Waals surface area (Å²) in [5.74, 6) is -0.499. The lowest BCUT2D eigenvalue weighted by atomic mass is 9.55. The largest absolute Gasteiger partial charge is 0.487 e. The second kappa shape index (κ2) is 22.9. The van der Waals surface area contributed by atoms with Gasteiger partial charge in [-0.1, -0.05) is 74.0 Å². The minimum Gasteiger partial charge on any atom is -0.487 e. The number of halogens is 1. The van der Waals surface area contributed by atoms with E-state index in [0.29, 0.717) is 43.3 Å². The Balaban J connectivity index is 1.30. The van der Waals surface area contributed by atoms with Crippen LogP contribution in [0.25, 0.3) is 0 Å². The van der Waals surface area contributed by atoms with Crippen LogP contribution in [-0.4, -0.2) is 76.3 Å². The Kier molecular flexibility index (Phi) is 16.6. The van der Waals surface area contributed by atoms with Crippen molar-refractivity contribution in [3.8, 4) is 11.5 Å². The van der Waals surface area contributed by atoms with E-state index in [1.165, 1.54) is 25.0 Å². The number of unbranched alkanes of at least 4 members (excludes halogenated alkanes) is 2. The summed E-state index contributed by atoms with van der Waals surface area (Å²) in [5, 5.41) is 25.1. The Hall–Kier alpha value is -4.62.